The van der Waals surface area contributed by atoms with E-state index in [-0.39, 0.29) is 6.61 Å². The topological polar surface area (TPSA) is 65.5 Å². The zero-order chi connectivity index (χ0) is 10.0. The highest BCUT2D eigenvalue weighted by Gasteiger charge is 2.18. The van der Waals surface area contributed by atoms with E-state index in [1.807, 2.05) is 13.8 Å². The molecule has 0 aliphatic carbocycles. The van der Waals surface area contributed by atoms with Crippen LogP contribution in [0.25, 0.3) is 0 Å². The molecule has 0 spiro atoms. The van der Waals surface area contributed by atoms with Crippen molar-refractivity contribution in [1.29, 1.82) is 0 Å². The Labute approximate surface area is 77.2 Å². The Morgan fingerprint density at radius 1 is 1.38 bits per heavy atom. The van der Waals surface area contributed by atoms with E-state index in [4.69, 9.17) is 9.84 Å². The zero-order valence-electron chi connectivity index (χ0n) is 8.09. The molecule has 4 nitrogen and oxygen atoms in total. The van der Waals surface area contributed by atoms with Crippen LogP contribution in [0.4, 0.5) is 0 Å². The molecule has 0 radical (unpaired) electrons. The van der Waals surface area contributed by atoms with Gasteiger partial charge in [-0.1, -0.05) is 0 Å². The molecule has 0 bridgehead atoms. The summed E-state index contributed by atoms with van der Waals surface area (Å²) >= 11 is 0. The number of H-pyrrole nitrogens is 1. The summed E-state index contributed by atoms with van der Waals surface area (Å²) in [6.07, 6.45) is -0.966. The smallest absolute Gasteiger partial charge is 0.182 e. The van der Waals surface area contributed by atoms with Crippen molar-refractivity contribution in [2.45, 2.75) is 26.7 Å². The molecule has 4 heteroatoms. The first-order valence-corrected chi connectivity index (χ1v) is 4.11. The average Bonchev–Trinajstić information content (AvgIpc) is 2.39. The Morgan fingerprint density at radius 2 is 2.00 bits per heavy atom. The van der Waals surface area contributed by atoms with Crippen molar-refractivity contribution in [3.05, 3.63) is 22.5 Å². The Hall–Kier alpha value is -0.840. The molecule has 13 heavy (non-hydrogen) atoms. The van der Waals surface area contributed by atoms with Gasteiger partial charge in [0.05, 0.1) is 6.61 Å². The van der Waals surface area contributed by atoms with E-state index in [0.717, 1.165) is 11.4 Å². The first kappa shape index (κ1) is 10.2. The third-order valence-corrected chi connectivity index (χ3v) is 2.19. The van der Waals surface area contributed by atoms with Crippen LogP contribution in [0.3, 0.4) is 0 Å². The van der Waals surface area contributed by atoms with Crippen LogP contribution in [0.2, 0.25) is 0 Å². The zero-order valence-corrected chi connectivity index (χ0v) is 8.09. The van der Waals surface area contributed by atoms with Gasteiger partial charge < -0.3 is 19.9 Å². The number of hydrogen-bond acceptors (Lipinski definition) is 3. The standard InChI is InChI=1S/C9H15NO3/c1-5-7(4-11)8(6(2)10-5)9(12)13-3/h9-12H,4H2,1-3H3/t9-/m0/s1. The molecular weight excluding hydrogens is 170 g/mol. The number of rotatable bonds is 3. The van der Waals surface area contributed by atoms with E-state index in [1.54, 1.807) is 0 Å². The minimum absolute atomic E-state index is 0.0913. The highest BCUT2D eigenvalue weighted by Crippen LogP contribution is 2.25. The van der Waals surface area contributed by atoms with E-state index in [2.05, 4.69) is 4.98 Å². The lowest BCUT2D eigenvalue weighted by atomic mass is 10.1. The third-order valence-electron chi connectivity index (χ3n) is 2.19. The molecule has 74 valence electrons. The second-order valence-electron chi connectivity index (χ2n) is 3.01. The molecule has 0 amide bonds. The van der Waals surface area contributed by atoms with E-state index < -0.39 is 6.29 Å². The fraction of sp³-hybridized carbons (Fsp3) is 0.556. The molecule has 1 atom stereocenters. The summed E-state index contributed by atoms with van der Waals surface area (Å²) < 4.78 is 4.80. The van der Waals surface area contributed by atoms with E-state index in [0.29, 0.717) is 11.1 Å². The van der Waals surface area contributed by atoms with Gasteiger partial charge in [-0.05, 0) is 13.8 Å². The van der Waals surface area contributed by atoms with Crippen LogP contribution in [-0.2, 0) is 11.3 Å². The molecule has 0 saturated carbocycles. The molecular formula is C9H15NO3. The molecule has 1 aromatic rings. The van der Waals surface area contributed by atoms with Gasteiger partial charge >= 0.3 is 0 Å². The van der Waals surface area contributed by atoms with Gasteiger partial charge in [0.25, 0.3) is 0 Å². The first-order chi connectivity index (χ1) is 6.11. The Balaban J connectivity index is 3.16. The fourth-order valence-electron chi connectivity index (χ4n) is 1.51. The lowest BCUT2D eigenvalue weighted by Gasteiger charge is -2.10. The third kappa shape index (κ3) is 1.75. The summed E-state index contributed by atoms with van der Waals surface area (Å²) in [4.78, 5) is 3.04. The van der Waals surface area contributed by atoms with Crippen molar-refractivity contribution in [3.63, 3.8) is 0 Å². The minimum Gasteiger partial charge on any atom is -0.392 e. The molecule has 0 aliphatic heterocycles. The highest BCUT2D eigenvalue weighted by atomic mass is 16.6. The Bertz CT molecular complexity index is 293. The molecule has 1 aromatic heterocycles. The average molecular weight is 185 g/mol. The number of aliphatic hydroxyl groups excluding tert-OH is 2. The summed E-state index contributed by atoms with van der Waals surface area (Å²) in [5, 5.41) is 18.6. The number of aromatic amines is 1. The molecule has 1 heterocycles. The molecule has 0 aliphatic rings. The highest BCUT2D eigenvalue weighted by molar-refractivity contribution is 5.36. The van der Waals surface area contributed by atoms with Crippen LogP contribution in [0.1, 0.15) is 28.8 Å². The number of methoxy groups -OCH3 is 1. The van der Waals surface area contributed by atoms with Crippen LogP contribution in [-0.4, -0.2) is 22.3 Å². The van der Waals surface area contributed by atoms with Crippen LogP contribution in [0.15, 0.2) is 0 Å². The van der Waals surface area contributed by atoms with Gasteiger partial charge in [0.15, 0.2) is 6.29 Å². The maximum atomic E-state index is 9.48. The summed E-state index contributed by atoms with van der Waals surface area (Å²) in [5.74, 6) is 0. The van der Waals surface area contributed by atoms with Crippen LogP contribution < -0.4 is 0 Å². The second-order valence-corrected chi connectivity index (χ2v) is 3.01. The van der Waals surface area contributed by atoms with Gasteiger partial charge in [0.1, 0.15) is 0 Å². The van der Waals surface area contributed by atoms with Crippen LogP contribution in [0.5, 0.6) is 0 Å². The largest absolute Gasteiger partial charge is 0.392 e. The second kappa shape index (κ2) is 3.91. The van der Waals surface area contributed by atoms with E-state index in [9.17, 15) is 5.11 Å². The number of hydrogen-bond donors (Lipinski definition) is 3. The molecule has 0 unspecified atom stereocenters. The molecule has 3 N–H and O–H groups in total. The summed E-state index contributed by atoms with van der Waals surface area (Å²) in [6, 6.07) is 0. The molecule has 0 fully saturated rings. The minimum atomic E-state index is -0.966. The number of aliphatic hydroxyl groups is 2. The van der Waals surface area contributed by atoms with Gasteiger partial charge in [0, 0.05) is 29.6 Å². The monoisotopic (exact) mass is 185 g/mol. The van der Waals surface area contributed by atoms with Gasteiger partial charge in [-0.2, -0.15) is 0 Å². The quantitative estimate of drug-likeness (QED) is 0.609. The predicted octanol–water partition coefficient (Wildman–Crippen LogP) is 0.761. The van der Waals surface area contributed by atoms with Gasteiger partial charge in [-0.3, -0.25) is 0 Å². The number of nitrogens with one attached hydrogen (secondary N) is 1. The Kier molecular flexibility index (Phi) is 3.08. The number of aryl methyl sites for hydroxylation is 2. The summed E-state index contributed by atoms with van der Waals surface area (Å²) in [5.41, 5.74) is 3.05. The van der Waals surface area contributed by atoms with Gasteiger partial charge in [0.2, 0.25) is 0 Å². The van der Waals surface area contributed by atoms with E-state index >= 15 is 0 Å². The van der Waals surface area contributed by atoms with Gasteiger partial charge in [-0.25, -0.2) is 0 Å². The SMILES string of the molecule is CO[C@H](O)c1c(C)[nH]c(C)c1CO. The Morgan fingerprint density at radius 3 is 2.46 bits per heavy atom. The van der Waals surface area contributed by atoms with Crippen LogP contribution >= 0.6 is 0 Å². The fourth-order valence-corrected chi connectivity index (χ4v) is 1.51. The summed E-state index contributed by atoms with van der Waals surface area (Å²) in [7, 11) is 1.42. The first-order valence-electron chi connectivity index (χ1n) is 4.11. The predicted molar refractivity (Wildman–Crippen MR) is 48.2 cm³/mol. The molecule has 0 aromatic carbocycles. The summed E-state index contributed by atoms with van der Waals surface area (Å²) in [6.45, 7) is 3.60. The van der Waals surface area contributed by atoms with E-state index in [1.165, 1.54) is 7.11 Å². The maximum absolute atomic E-state index is 9.48. The van der Waals surface area contributed by atoms with Crippen molar-refractivity contribution < 1.29 is 14.9 Å². The lowest BCUT2D eigenvalue weighted by molar-refractivity contribution is -0.0782. The van der Waals surface area contributed by atoms with Gasteiger partial charge in [-0.15, -0.1) is 0 Å². The van der Waals surface area contributed by atoms with Crippen molar-refractivity contribution in [2.24, 2.45) is 0 Å². The van der Waals surface area contributed by atoms with Crippen LogP contribution in [0, 0.1) is 13.8 Å². The molecule has 0 saturated heterocycles. The lowest BCUT2D eigenvalue weighted by Crippen LogP contribution is -2.03. The van der Waals surface area contributed by atoms with Crippen molar-refractivity contribution in [2.75, 3.05) is 7.11 Å². The van der Waals surface area contributed by atoms with Crippen molar-refractivity contribution in [3.8, 4) is 0 Å². The number of aromatic nitrogens is 1. The van der Waals surface area contributed by atoms with Crippen molar-refractivity contribution in [1.82, 2.24) is 4.98 Å². The normalized spacial score (nSPS) is 13.3. The number of ether oxygens (including phenoxy) is 1. The van der Waals surface area contributed by atoms with Crippen molar-refractivity contribution >= 4 is 0 Å². The maximum Gasteiger partial charge on any atom is 0.182 e. The molecule has 1 rings (SSSR count).